The summed E-state index contributed by atoms with van der Waals surface area (Å²) in [5.41, 5.74) is 2.65. The van der Waals surface area contributed by atoms with Gasteiger partial charge in [0.15, 0.2) is 0 Å². The monoisotopic (exact) mass is 172 g/mol. The molecule has 2 aliphatic rings. The van der Waals surface area contributed by atoms with Crippen molar-refractivity contribution in [3.05, 3.63) is 35.5 Å². The van der Waals surface area contributed by atoms with Crippen molar-refractivity contribution in [2.75, 3.05) is 0 Å². The molecule has 1 aromatic heterocycles. The summed E-state index contributed by atoms with van der Waals surface area (Å²) < 4.78 is 0. The van der Waals surface area contributed by atoms with Crippen molar-refractivity contribution in [3.63, 3.8) is 0 Å². The largest absolute Gasteiger partial charge is 0.262 e. The Morgan fingerprint density at radius 1 is 1.38 bits per heavy atom. The van der Waals surface area contributed by atoms with E-state index >= 15 is 0 Å². The molecule has 0 aromatic carbocycles. The topological polar surface area (TPSA) is 12.9 Å². The van der Waals surface area contributed by atoms with E-state index in [0.29, 0.717) is 0 Å². The zero-order valence-electron chi connectivity index (χ0n) is 7.96. The normalized spacial score (nSPS) is 27.6. The molecular weight excluding hydrogens is 158 g/mol. The summed E-state index contributed by atoms with van der Waals surface area (Å²) in [5, 5.41) is 0. The van der Waals surface area contributed by atoms with E-state index in [2.05, 4.69) is 24.0 Å². The minimum atomic E-state index is 0.800. The van der Waals surface area contributed by atoms with E-state index in [1.807, 2.05) is 12.1 Å². The third-order valence-corrected chi connectivity index (χ3v) is 3.15. The molecule has 1 heteroatoms. The lowest BCUT2D eigenvalue weighted by atomic mass is 10.1. The van der Waals surface area contributed by atoms with Crippen LogP contribution in [0.25, 0.3) is 0 Å². The second-order valence-electron chi connectivity index (χ2n) is 4.34. The lowest BCUT2D eigenvalue weighted by Crippen LogP contribution is -1.87. The lowest BCUT2D eigenvalue weighted by molar-refractivity contribution is 0.935. The maximum absolute atomic E-state index is 4.23. The lowest BCUT2D eigenvalue weighted by Gasteiger charge is -1.99. The third-order valence-electron chi connectivity index (χ3n) is 3.15. The van der Waals surface area contributed by atoms with E-state index in [1.54, 1.807) is 0 Å². The predicted molar refractivity (Wildman–Crippen MR) is 52.3 cm³/mol. The molecule has 13 heavy (non-hydrogen) atoms. The molecule has 1 heterocycles. The fourth-order valence-electron chi connectivity index (χ4n) is 2.20. The summed E-state index contributed by atoms with van der Waals surface area (Å²) in [4.78, 5) is 4.23. The van der Waals surface area contributed by atoms with Crippen molar-refractivity contribution in [2.45, 2.75) is 32.1 Å². The molecule has 2 fully saturated rings. The highest BCUT2D eigenvalue weighted by molar-refractivity contribution is 5.39. The van der Waals surface area contributed by atoms with Crippen LogP contribution in [-0.4, -0.2) is 4.98 Å². The summed E-state index contributed by atoms with van der Waals surface area (Å²) in [5.74, 6) is 3.61. The number of pyridine rings is 1. The molecule has 1 radical (unpaired) electrons. The van der Waals surface area contributed by atoms with Gasteiger partial charge in [-0.1, -0.05) is 0 Å². The molecule has 0 spiro atoms. The van der Waals surface area contributed by atoms with Gasteiger partial charge in [-0.05, 0) is 61.6 Å². The van der Waals surface area contributed by atoms with Crippen LogP contribution < -0.4 is 0 Å². The molecule has 1 nitrogen and oxygen atoms in total. The molecule has 1 aromatic rings. The van der Waals surface area contributed by atoms with Crippen LogP contribution in [0.3, 0.4) is 0 Å². The summed E-state index contributed by atoms with van der Waals surface area (Å²) in [6, 6.07) is 4.41. The van der Waals surface area contributed by atoms with Gasteiger partial charge in [0.2, 0.25) is 0 Å². The van der Waals surface area contributed by atoms with Crippen LogP contribution >= 0.6 is 0 Å². The molecule has 0 amide bonds. The fraction of sp³-hybridized carbons (Fsp3) is 0.500. The van der Waals surface area contributed by atoms with Crippen LogP contribution in [0.2, 0.25) is 0 Å². The Balaban J connectivity index is 1.78. The first-order valence-corrected chi connectivity index (χ1v) is 5.13. The number of hydrogen-bond donors (Lipinski definition) is 0. The standard InChI is InChI=1S/C12H14N/c1-8-6-10(4-5-13-8)12-7-11(12)9-2-3-9/h4-6,9,12H,2-3,7H2,1H3. The number of aryl methyl sites for hydroxylation is 1. The van der Waals surface area contributed by atoms with Crippen molar-refractivity contribution >= 4 is 0 Å². The van der Waals surface area contributed by atoms with E-state index < -0.39 is 0 Å². The summed E-state index contributed by atoms with van der Waals surface area (Å²) in [6.07, 6.45) is 6.20. The van der Waals surface area contributed by atoms with Crippen LogP contribution in [0.1, 0.15) is 36.4 Å². The van der Waals surface area contributed by atoms with Gasteiger partial charge in [0.25, 0.3) is 0 Å². The molecule has 0 bridgehead atoms. The molecule has 3 rings (SSSR count). The zero-order chi connectivity index (χ0) is 8.84. The second-order valence-corrected chi connectivity index (χ2v) is 4.34. The molecule has 2 saturated carbocycles. The highest BCUT2D eigenvalue weighted by Gasteiger charge is 2.48. The second kappa shape index (κ2) is 2.57. The van der Waals surface area contributed by atoms with Gasteiger partial charge in [-0.3, -0.25) is 4.98 Å². The van der Waals surface area contributed by atoms with Crippen molar-refractivity contribution in [2.24, 2.45) is 5.92 Å². The quantitative estimate of drug-likeness (QED) is 0.668. The van der Waals surface area contributed by atoms with Crippen LogP contribution in [0.4, 0.5) is 0 Å². The Morgan fingerprint density at radius 2 is 2.23 bits per heavy atom. The van der Waals surface area contributed by atoms with Crippen molar-refractivity contribution in [1.82, 2.24) is 4.98 Å². The van der Waals surface area contributed by atoms with Crippen LogP contribution in [-0.2, 0) is 0 Å². The zero-order valence-corrected chi connectivity index (χ0v) is 7.96. The van der Waals surface area contributed by atoms with Crippen molar-refractivity contribution < 1.29 is 0 Å². The van der Waals surface area contributed by atoms with E-state index in [-0.39, 0.29) is 0 Å². The van der Waals surface area contributed by atoms with Crippen molar-refractivity contribution in [3.8, 4) is 0 Å². The Labute approximate surface area is 79.2 Å². The number of hydrogen-bond acceptors (Lipinski definition) is 1. The van der Waals surface area contributed by atoms with E-state index in [1.165, 1.54) is 24.8 Å². The molecule has 1 unspecified atom stereocenters. The molecule has 0 aliphatic heterocycles. The van der Waals surface area contributed by atoms with Crippen LogP contribution in [0.15, 0.2) is 18.3 Å². The van der Waals surface area contributed by atoms with Gasteiger partial charge in [0.1, 0.15) is 0 Å². The highest BCUT2D eigenvalue weighted by Crippen LogP contribution is 2.61. The third kappa shape index (κ3) is 1.37. The average molecular weight is 172 g/mol. The van der Waals surface area contributed by atoms with Gasteiger partial charge < -0.3 is 0 Å². The maximum Gasteiger partial charge on any atom is 0.0375 e. The summed E-state index contributed by atoms with van der Waals surface area (Å²) in [6.45, 7) is 2.07. The van der Waals surface area contributed by atoms with E-state index in [0.717, 1.165) is 17.5 Å². The SMILES string of the molecule is Cc1cc(C2C[C]2C2CC2)ccn1. The van der Waals surface area contributed by atoms with Crippen molar-refractivity contribution in [1.29, 1.82) is 0 Å². The Morgan fingerprint density at radius 3 is 2.92 bits per heavy atom. The molecule has 1 atom stereocenters. The highest BCUT2D eigenvalue weighted by atomic mass is 14.7. The summed E-state index contributed by atoms with van der Waals surface area (Å²) in [7, 11) is 0. The molecule has 2 aliphatic carbocycles. The molecule has 67 valence electrons. The number of rotatable bonds is 2. The number of nitrogens with zero attached hydrogens (tertiary/aromatic N) is 1. The first-order chi connectivity index (χ1) is 6.34. The first-order valence-electron chi connectivity index (χ1n) is 5.13. The maximum atomic E-state index is 4.23. The number of aromatic nitrogens is 1. The summed E-state index contributed by atoms with van der Waals surface area (Å²) >= 11 is 0. The Kier molecular flexibility index (Phi) is 1.49. The first kappa shape index (κ1) is 7.54. The molecular formula is C12H14N. The Hall–Kier alpha value is -0.850. The minimum absolute atomic E-state index is 0.800. The van der Waals surface area contributed by atoms with Gasteiger partial charge in [-0.2, -0.15) is 0 Å². The predicted octanol–water partition coefficient (Wildman–Crippen LogP) is 2.86. The van der Waals surface area contributed by atoms with Gasteiger partial charge in [0.05, 0.1) is 0 Å². The molecule has 0 N–H and O–H groups in total. The van der Waals surface area contributed by atoms with Gasteiger partial charge in [-0.25, -0.2) is 0 Å². The van der Waals surface area contributed by atoms with Gasteiger partial charge in [-0.15, -0.1) is 0 Å². The smallest absolute Gasteiger partial charge is 0.0375 e. The van der Waals surface area contributed by atoms with Crippen LogP contribution in [0, 0.1) is 18.8 Å². The van der Waals surface area contributed by atoms with Gasteiger partial charge >= 0.3 is 0 Å². The fourth-order valence-corrected chi connectivity index (χ4v) is 2.20. The van der Waals surface area contributed by atoms with E-state index in [9.17, 15) is 0 Å². The Bertz CT molecular complexity index is 328. The van der Waals surface area contributed by atoms with E-state index in [4.69, 9.17) is 0 Å². The molecule has 0 saturated heterocycles. The average Bonchev–Trinajstić information content (AvgIpc) is 2.99. The van der Waals surface area contributed by atoms with Crippen LogP contribution in [0.5, 0.6) is 0 Å². The van der Waals surface area contributed by atoms with Gasteiger partial charge in [0, 0.05) is 11.9 Å². The minimum Gasteiger partial charge on any atom is -0.262 e.